The van der Waals surface area contributed by atoms with Crippen molar-refractivity contribution in [2.75, 3.05) is 0 Å². The number of hydrogen-bond acceptors (Lipinski definition) is 0. The molecule has 0 nitrogen and oxygen atoms in total. The summed E-state index contributed by atoms with van der Waals surface area (Å²) in [5.41, 5.74) is 0. The van der Waals surface area contributed by atoms with Crippen LogP contribution in [-0.4, -0.2) is 0 Å². The molecule has 0 radical (unpaired) electrons. The predicted molar refractivity (Wildman–Crippen MR) is 20.8 cm³/mol. The molecule has 0 aromatic rings. The smallest absolute Gasteiger partial charge is 1.00 e. The van der Waals surface area contributed by atoms with Crippen molar-refractivity contribution < 1.29 is 29.5 Å². The second kappa shape index (κ2) is 9.46. The summed E-state index contributed by atoms with van der Waals surface area (Å²) in [5.74, 6) is 0. The van der Waals surface area contributed by atoms with Crippen LogP contribution in [0.15, 0.2) is 11.1 Å². The fourth-order valence-corrected chi connectivity index (χ4v) is 0. The van der Waals surface area contributed by atoms with Crippen molar-refractivity contribution in [1.29, 1.82) is 0 Å². The van der Waals surface area contributed by atoms with E-state index in [4.69, 9.17) is 23.2 Å². The Morgan fingerprint density at radius 2 is 1.33 bits per heavy atom. The maximum absolute atomic E-state index is 4.85. The number of rotatable bonds is 0. The van der Waals surface area contributed by atoms with Crippen LogP contribution in [0.1, 0.15) is 0 Å². The van der Waals surface area contributed by atoms with Crippen molar-refractivity contribution in [3.8, 4) is 0 Å². The molecule has 0 aromatic carbocycles. The quantitative estimate of drug-likeness (QED) is 0.433. The zero-order chi connectivity index (χ0) is 3.58. The van der Waals surface area contributed by atoms with Crippen LogP contribution in [0.3, 0.4) is 0 Å². The third-order valence-electron chi connectivity index (χ3n) is 0. The first-order chi connectivity index (χ1) is 1.73. The van der Waals surface area contributed by atoms with E-state index in [9.17, 15) is 0 Å². The molecule has 42 valence electrons. The average Bonchev–Trinajstić information content (AvgIpc) is 0.811. The molecular weight excluding hydrogens is 194 g/mol. The Labute approximate surface area is 63.8 Å². The third kappa shape index (κ3) is 68.6. The molecular formula is C2H2Cl3Cu. The zero-order valence-electron chi connectivity index (χ0n) is 2.64. The van der Waals surface area contributed by atoms with Gasteiger partial charge < -0.3 is 12.4 Å². The molecule has 0 N–H and O–H groups in total. The monoisotopic (exact) mass is 194 g/mol. The molecule has 0 atom stereocenters. The maximum atomic E-state index is 4.85. The minimum Gasteiger partial charge on any atom is -1.00 e. The maximum Gasteiger partial charge on any atom is 1.00 e. The van der Waals surface area contributed by atoms with Crippen LogP contribution in [0, 0.1) is 0 Å². The van der Waals surface area contributed by atoms with Crippen LogP contribution in [0.5, 0.6) is 0 Å². The molecule has 0 aromatic heterocycles. The van der Waals surface area contributed by atoms with Gasteiger partial charge in [0.15, 0.2) is 0 Å². The SMILES string of the molecule is C=C(Cl)Cl.[Cl-].[Cu+]. The summed E-state index contributed by atoms with van der Waals surface area (Å²) in [6.07, 6.45) is 0. The molecule has 0 spiro atoms. The molecule has 0 fully saturated rings. The molecule has 6 heavy (non-hydrogen) atoms. The van der Waals surface area contributed by atoms with Gasteiger partial charge in [0.05, 0.1) is 4.49 Å². The van der Waals surface area contributed by atoms with Gasteiger partial charge in [-0.15, -0.1) is 0 Å². The number of halogens is 3. The normalized spacial score (nSPS) is 4.33. The van der Waals surface area contributed by atoms with Gasteiger partial charge in [-0.3, -0.25) is 0 Å². The zero-order valence-corrected chi connectivity index (χ0v) is 5.85. The molecule has 0 aliphatic carbocycles. The van der Waals surface area contributed by atoms with Gasteiger partial charge in [-0.05, 0) is 0 Å². The fraction of sp³-hybridized carbons (Fsp3) is 0. The first-order valence-electron chi connectivity index (χ1n) is 0.732. The minimum atomic E-state index is 0. The summed E-state index contributed by atoms with van der Waals surface area (Å²) in [6, 6.07) is 0. The van der Waals surface area contributed by atoms with Gasteiger partial charge in [0.1, 0.15) is 0 Å². The van der Waals surface area contributed by atoms with Gasteiger partial charge in [0, 0.05) is 0 Å². The Morgan fingerprint density at radius 1 is 1.33 bits per heavy atom. The Balaban J connectivity index is -0.0000000450. The first kappa shape index (κ1) is 15.7. The Kier molecular flexibility index (Phi) is 24.8. The van der Waals surface area contributed by atoms with Crippen molar-refractivity contribution in [1.82, 2.24) is 0 Å². The molecule has 0 rings (SSSR count). The van der Waals surface area contributed by atoms with Crippen LogP contribution in [0.4, 0.5) is 0 Å². The van der Waals surface area contributed by atoms with E-state index < -0.39 is 0 Å². The van der Waals surface area contributed by atoms with E-state index in [1.165, 1.54) is 0 Å². The molecule has 4 heteroatoms. The molecule has 0 unspecified atom stereocenters. The Hall–Kier alpha value is 1.13. The van der Waals surface area contributed by atoms with Crippen LogP contribution in [-0.2, 0) is 17.1 Å². The van der Waals surface area contributed by atoms with Crippen LogP contribution < -0.4 is 12.4 Å². The van der Waals surface area contributed by atoms with E-state index in [0.717, 1.165) is 0 Å². The standard InChI is InChI=1S/C2H2Cl2.ClH.Cu/c1-2(3)4;;/h1H2;1H;/q;;+1/p-1. The van der Waals surface area contributed by atoms with Crippen molar-refractivity contribution in [2.45, 2.75) is 0 Å². The molecule has 0 saturated carbocycles. The topological polar surface area (TPSA) is 0 Å². The van der Waals surface area contributed by atoms with Crippen molar-refractivity contribution in [2.24, 2.45) is 0 Å². The van der Waals surface area contributed by atoms with E-state index >= 15 is 0 Å². The molecule has 0 bridgehead atoms. The second-order valence-electron chi connectivity index (χ2n) is 0.339. The molecule has 0 amide bonds. The van der Waals surface area contributed by atoms with Gasteiger partial charge >= 0.3 is 17.1 Å². The molecule has 0 heterocycles. The third-order valence-corrected chi connectivity index (χ3v) is 0. The first-order valence-corrected chi connectivity index (χ1v) is 1.49. The molecule has 0 aliphatic heterocycles. The summed E-state index contributed by atoms with van der Waals surface area (Å²) in [4.78, 5) is 0. The van der Waals surface area contributed by atoms with Gasteiger partial charge in [-0.25, -0.2) is 0 Å². The van der Waals surface area contributed by atoms with E-state index in [0.29, 0.717) is 0 Å². The summed E-state index contributed by atoms with van der Waals surface area (Å²) in [7, 11) is 0. The van der Waals surface area contributed by atoms with Crippen molar-refractivity contribution in [3.63, 3.8) is 0 Å². The van der Waals surface area contributed by atoms with Gasteiger partial charge in [-0.1, -0.05) is 29.8 Å². The average molecular weight is 196 g/mol. The summed E-state index contributed by atoms with van der Waals surface area (Å²) < 4.78 is 0.111. The van der Waals surface area contributed by atoms with E-state index in [1.807, 2.05) is 0 Å². The van der Waals surface area contributed by atoms with Crippen molar-refractivity contribution in [3.05, 3.63) is 11.1 Å². The summed E-state index contributed by atoms with van der Waals surface area (Å²) >= 11 is 9.69. The predicted octanol–water partition coefficient (Wildman–Crippen LogP) is -1.06. The second-order valence-corrected chi connectivity index (χ2v) is 1.44. The van der Waals surface area contributed by atoms with E-state index in [1.54, 1.807) is 0 Å². The largest absolute Gasteiger partial charge is 1.00 e. The Bertz CT molecular complexity index is 31.8. The number of hydrogen-bond donors (Lipinski definition) is 0. The summed E-state index contributed by atoms with van der Waals surface area (Å²) in [5, 5.41) is 0. The fourth-order valence-electron chi connectivity index (χ4n) is 0. The minimum absolute atomic E-state index is 0. The van der Waals surface area contributed by atoms with Crippen LogP contribution >= 0.6 is 23.2 Å². The summed E-state index contributed by atoms with van der Waals surface area (Å²) in [6.45, 7) is 3.09. The van der Waals surface area contributed by atoms with Gasteiger partial charge in [0.2, 0.25) is 0 Å². The molecule has 0 saturated heterocycles. The molecule has 0 aliphatic rings. The van der Waals surface area contributed by atoms with E-state index in [-0.39, 0.29) is 34.0 Å². The van der Waals surface area contributed by atoms with E-state index in [2.05, 4.69) is 6.58 Å². The van der Waals surface area contributed by atoms with Crippen LogP contribution in [0.2, 0.25) is 0 Å². The van der Waals surface area contributed by atoms with Gasteiger partial charge in [-0.2, -0.15) is 0 Å². The Morgan fingerprint density at radius 3 is 1.33 bits per heavy atom. The van der Waals surface area contributed by atoms with Crippen molar-refractivity contribution >= 4 is 23.2 Å². The van der Waals surface area contributed by atoms with Gasteiger partial charge in [0.25, 0.3) is 0 Å². The van der Waals surface area contributed by atoms with Crippen LogP contribution in [0.25, 0.3) is 0 Å².